The lowest BCUT2D eigenvalue weighted by Gasteiger charge is -2.17. The van der Waals surface area contributed by atoms with Crippen molar-refractivity contribution in [2.24, 2.45) is 0 Å². The standard InChI is InChI=1S/C11H15ClN2O5S/c1-11(2)17-9(7-6-14-5-4-8(7)12)10(18-11)19-20(15,16)13-3/h4-6,9-10,13H,1-3H3. The van der Waals surface area contributed by atoms with Gasteiger partial charge in [0.25, 0.3) is 0 Å². The molecule has 2 heterocycles. The van der Waals surface area contributed by atoms with Crippen molar-refractivity contribution in [2.75, 3.05) is 7.05 Å². The van der Waals surface area contributed by atoms with Crippen LogP contribution in [-0.2, 0) is 24.0 Å². The van der Waals surface area contributed by atoms with E-state index < -0.39 is 28.5 Å². The molecule has 112 valence electrons. The zero-order valence-electron chi connectivity index (χ0n) is 11.2. The molecule has 2 rings (SSSR count). The summed E-state index contributed by atoms with van der Waals surface area (Å²) < 4.78 is 41.1. The molecule has 0 amide bonds. The maximum absolute atomic E-state index is 11.5. The highest BCUT2D eigenvalue weighted by atomic mass is 35.5. The molecule has 1 saturated heterocycles. The second-order valence-electron chi connectivity index (χ2n) is 4.58. The average molecular weight is 323 g/mol. The minimum absolute atomic E-state index is 0.391. The van der Waals surface area contributed by atoms with Crippen LogP contribution in [0.1, 0.15) is 25.5 Å². The third-order valence-electron chi connectivity index (χ3n) is 2.63. The Morgan fingerprint density at radius 1 is 1.45 bits per heavy atom. The van der Waals surface area contributed by atoms with E-state index in [1.165, 1.54) is 19.4 Å². The van der Waals surface area contributed by atoms with Crippen LogP contribution in [0.2, 0.25) is 5.02 Å². The number of ether oxygens (including phenoxy) is 2. The Kier molecular flexibility index (Phi) is 4.33. The summed E-state index contributed by atoms with van der Waals surface area (Å²) in [6, 6.07) is 1.58. The van der Waals surface area contributed by atoms with Gasteiger partial charge in [0.05, 0.1) is 0 Å². The van der Waals surface area contributed by atoms with E-state index in [9.17, 15) is 8.42 Å². The zero-order valence-corrected chi connectivity index (χ0v) is 12.7. The molecule has 7 nitrogen and oxygen atoms in total. The minimum atomic E-state index is -3.93. The van der Waals surface area contributed by atoms with Crippen molar-refractivity contribution in [3.8, 4) is 0 Å². The van der Waals surface area contributed by atoms with Gasteiger partial charge in [-0.05, 0) is 19.9 Å². The molecule has 2 unspecified atom stereocenters. The third kappa shape index (κ3) is 3.46. The molecular formula is C11H15ClN2O5S. The molecule has 1 aromatic rings. The number of hydrogen-bond donors (Lipinski definition) is 1. The molecule has 0 radical (unpaired) electrons. The van der Waals surface area contributed by atoms with Crippen molar-refractivity contribution < 1.29 is 22.1 Å². The molecule has 0 saturated carbocycles. The Labute approximate surface area is 122 Å². The first kappa shape index (κ1) is 15.6. The zero-order chi connectivity index (χ0) is 15.0. The number of nitrogens with zero attached hydrogens (tertiary/aromatic N) is 1. The van der Waals surface area contributed by atoms with Gasteiger partial charge in [-0.1, -0.05) is 11.6 Å². The predicted octanol–water partition coefficient (Wildman–Crippen LogP) is 1.37. The van der Waals surface area contributed by atoms with E-state index in [1.807, 2.05) is 4.72 Å². The van der Waals surface area contributed by atoms with Crippen LogP contribution < -0.4 is 4.72 Å². The molecule has 1 aromatic heterocycles. The van der Waals surface area contributed by atoms with Crippen LogP contribution in [0.5, 0.6) is 0 Å². The van der Waals surface area contributed by atoms with E-state index in [4.69, 9.17) is 25.3 Å². The second kappa shape index (κ2) is 5.55. The van der Waals surface area contributed by atoms with Crippen molar-refractivity contribution in [3.63, 3.8) is 0 Å². The van der Waals surface area contributed by atoms with Gasteiger partial charge in [-0.3, -0.25) is 4.98 Å². The van der Waals surface area contributed by atoms with Crippen LogP contribution in [0, 0.1) is 0 Å². The van der Waals surface area contributed by atoms with E-state index in [-0.39, 0.29) is 0 Å². The molecule has 0 aromatic carbocycles. The maximum Gasteiger partial charge on any atom is 0.338 e. The van der Waals surface area contributed by atoms with Gasteiger partial charge in [-0.15, -0.1) is 0 Å². The van der Waals surface area contributed by atoms with Gasteiger partial charge < -0.3 is 9.47 Å². The van der Waals surface area contributed by atoms with Crippen molar-refractivity contribution >= 4 is 21.9 Å². The van der Waals surface area contributed by atoms with Crippen LogP contribution in [0.3, 0.4) is 0 Å². The summed E-state index contributed by atoms with van der Waals surface area (Å²) in [5.41, 5.74) is 0.496. The molecule has 0 spiro atoms. The number of rotatable bonds is 4. The van der Waals surface area contributed by atoms with Gasteiger partial charge >= 0.3 is 10.3 Å². The SMILES string of the molecule is CNS(=O)(=O)OC1OC(C)(C)OC1c1cnccc1Cl. The number of hydrogen-bond acceptors (Lipinski definition) is 6. The highest BCUT2D eigenvalue weighted by molar-refractivity contribution is 7.84. The molecule has 1 N–H and O–H groups in total. The Balaban J connectivity index is 2.32. The Morgan fingerprint density at radius 3 is 2.75 bits per heavy atom. The van der Waals surface area contributed by atoms with Gasteiger partial charge in [0.1, 0.15) is 6.10 Å². The van der Waals surface area contributed by atoms with E-state index in [0.29, 0.717) is 10.6 Å². The van der Waals surface area contributed by atoms with Crippen molar-refractivity contribution in [1.29, 1.82) is 0 Å². The summed E-state index contributed by atoms with van der Waals surface area (Å²) in [6.45, 7) is 3.30. The highest BCUT2D eigenvalue weighted by Crippen LogP contribution is 2.41. The van der Waals surface area contributed by atoms with Gasteiger partial charge in [-0.2, -0.15) is 13.1 Å². The molecule has 1 fully saturated rings. The normalized spacial score (nSPS) is 25.8. The smallest absolute Gasteiger partial charge is 0.337 e. The number of pyridine rings is 1. The van der Waals surface area contributed by atoms with Gasteiger partial charge in [0.2, 0.25) is 6.29 Å². The van der Waals surface area contributed by atoms with Crippen LogP contribution in [0.4, 0.5) is 0 Å². The van der Waals surface area contributed by atoms with E-state index >= 15 is 0 Å². The first-order valence-electron chi connectivity index (χ1n) is 5.81. The van der Waals surface area contributed by atoms with Gasteiger partial charge in [0, 0.05) is 30.0 Å². The van der Waals surface area contributed by atoms with E-state index in [2.05, 4.69) is 4.98 Å². The topological polar surface area (TPSA) is 86.8 Å². The van der Waals surface area contributed by atoms with E-state index in [1.54, 1.807) is 19.9 Å². The monoisotopic (exact) mass is 322 g/mol. The fourth-order valence-corrected chi connectivity index (χ4v) is 2.48. The minimum Gasteiger partial charge on any atom is -0.337 e. The second-order valence-corrected chi connectivity index (χ2v) is 6.49. The first-order valence-corrected chi connectivity index (χ1v) is 7.59. The number of aromatic nitrogens is 1. The van der Waals surface area contributed by atoms with Crippen LogP contribution >= 0.6 is 11.6 Å². The summed E-state index contributed by atoms with van der Waals surface area (Å²) in [5, 5.41) is 0.391. The summed E-state index contributed by atoms with van der Waals surface area (Å²) >= 11 is 6.07. The maximum atomic E-state index is 11.5. The highest BCUT2D eigenvalue weighted by Gasteiger charge is 2.45. The lowest BCUT2D eigenvalue weighted by molar-refractivity contribution is -0.167. The number of halogens is 1. The molecule has 0 bridgehead atoms. The molecular weight excluding hydrogens is 308 g/mol. The Morgan fingerprint density at radius 2 is 2.15 bits per heavy atom. The molecule has 20 heavy (non-hydrogen) atoms. The Hall–Kier alpha value is -0.770. The Bertz CT molecular complexity index is 592. The van der Waals surface area contributed by atoms with Crippen LogP contribution in [-0.4, -0.2) is 32.5 Å². The van der Waals surface area contributed by atoms with Crippen molar-refractivity contribution in [3.05, 3.63) is 29.0 Å². The first-order chi connectivity index (χ1) is 9.24. The lowest BCUT2D eigenvalue weighted by Crippen LogP contribution is -2.31. The van der Waals surface area contributed by atoms with Crippen LogP contribution in [0.25, 0.3) is 0 Å². The molecule has 1 aliphatic rings. The molecule has 2 atom stereocenters. The van der Waals surface area contributed by atoms with Gasteiger partial charge in [0.15, 0.2) is 5.79 Å². The largest absolute Gasteiger partial charge is 0.338 e. The van der Waals surface area contributed by atoms with Crippen molar-refractivity contribution in [1.82, 2.24) is 9.71 Å². The third-order valence-corrected chi connectivity index (χ3v) is 3.92. The van der Waals surface area contributed by atoms with Crippen molar-refractivity contribution in [2.45, 2.75) is 32.0 Å². The fraction of sp³-hybridized carbons (Fsp3) is 0.545. The summed E-state index contributed by atoms with van der Waals surface area (Å²) in [5.74, 6) is -1.00. The fourth-order valence-electron chi connectivity index (χ4n) is 1.78. The summed E-state index contributed by atoms with van der Waals surface area (Å²) in [6.07, 6.45) is 1.06. The quantitative estimate of drug-likeness (QED) is 0.901. The molecule has 0 aliphatic carbocycles. The average Bonchev–Trinajstić information content (AvgIpc) is 2.64. The lowest BCUT2D eigenvalue weighted by atomic mass is 10.1. The number of nitrogens with one attached hydrogen (secondary N) is 1. The molecule has 9 heteroatoms. The molecule has 1 aliphatic heterocycles. The summed E-state index contributed by atoms with van der Waals surface area (Å²) in [4.78, 5) is 3.95. The van der Waals surface area contributed by atoms with E-state index in [0.717, 1.165) is 0 Å². The summed E-state index contributed by atoms with van der Waals surface area (Å²) in [7, 11) is -2.69. The predicted molar refractivity (Wildman–Crippen MR) is 71.1 cm³/mol. The van der Waals surface area contributed by atoms with Crippen LogP contribution in [0.15, 0.2) is 18.5 Å². The van der Waals surface area contributed by atoms with Gasteiger partial charge in [-0.25, -0.2) is 4.18 Å².